The average Bonchev–Trinajstić information content (AvgIpc) is 2.63. The van der Waals surface area contributed by atoms with Gasteiger partial charge in [0.1, 0.15) is 0 Å². The summed E-state index contributed by atoms with van der Waals surface area (Å²) >= 11 is 0. The third kappa shape index (κ3) is 5.21. The fraction of sp³-hybridized carbons (Fsp3) is 0.318. The van der Waals surface area contributed by atoms with Crippen molar-refractivity contribution in [2.45, 2.75) is 26.2 Å². The number of likely N-dealkylation sites (tertiary alicyclic amines) is 1. The highest BCUT2D eigenvalue weighted by atomic mass is 16.2. The fourth-order valence-electron chi connectivity index (χ4n) is 3.36. The highest BCUT2D eigenvalue weighted by Gasteiger charge is 2.22. The minimum Gasteiger partial charge on any atom is -0.325 e. The highest BCUT2D eigenvalue weighted by Crippen LogP contribution is 2.21. The van der Waals surface area contributed by atoms with Gasteiger partial charge >= 0.3 is 6.03 Å². The lowest BCUT2D eigenvalue weighted by Gasteiger charge is -2.31. The first-order valence-corrected chi connectivity index (χ1v) is 9.03. The van der Waals surface area contributed by atoms with Crippen molar-refractivity contribution in [3.8, 4) is 0 Å². The van der Waals surface area contributed by atoms with Gasteiger partial charge in [0.2, 0.25) is 0 Å². The van der Waals surface area contributed by atoms with Crippen LogP contribution >= 0.6 is 0 Å². The van der Waals surface area contributed by atoms with E-state index in [2.05, 4.69) is 54.7 Å². The van der Waals surface area contributed by atoms with E-state index in [0.29, 0.717) is 5.92 Å². The Bertz CT molecular complexity index is 716. The van der Waals surface area contributed by atoms with Crippen LogP contribution in [-0.2, 0) is 6.42 Å². The third-order valence-corrected chi connectivity index (χ3v) is 4.79. The molecule has 1 N–H and O–H groups in total. The Morgan fingerprint density at radius 2 is 1.88 bits per heavy atom. The summed E-state index contributed by atoms with van der Waals surface area (Å²) in [7, 11) is 0. The maximum absolute atomic E-state index is 12.3. The predicted octanol–water partition coefficient (Wildman–Crippen LogP) is 4.63. The maximum atomic E-state index is 12.3. The molecule has 0 aliphatic carbocycles. The number of amides is 2. The summed E-state index contributed by atoms with van der Waals surface area (Å²) in [6.07, 6.45) is 6.94. The number of nitrogens with one attached hydrogen (secondary N) is 1. The molecule has 0 aromatic heterocycles. The zero-order valence-corrected chi connectivity index (χ0v) is 14.8. The van der Waals surface area contributed by atoms with Crippen molar-refractivity contribution in [2.24, 2.45) is 5.92 Å². The van der Waals surface area contributed by atoms with Crippen molar-refractivity contribution >= 4 is 12.1 Å². The van der Waals surface area contributed by atoms with Gasteiger partial charge in [0.15, 0.2) is 0 Å². The number of aryl methyl sites for hydroxylation is 1. The summed E-state index contributed by atoms with van der Waals surface area (Å²) in [5.74, 6) is 0.675. The molecule has 130 valence electrons. The molecule has 2 aromatic carbocycles. The van der Waals surface area contributed by atoms with Crippen molar-refractivity contribution < 1.29 is 4.79 Å². The van der Waals surface area contributed by atoms with E-state index in [1.54, 1.807) is 6.20 Å². The van der Waals surface area contributed by atoms with Crippen LogP contribution in [0.25, 0.3) is 6.08 Å². The van der Waals surface area contributed by atoms with Gasteiger partial charge in [-0.05, 0) is 49.3 Å². The second kappa shape index (κ2) is 8.52. The fourth-order valence-corrected chi connectivity index (χ4v) is 3.36. The number of carbonyl (C=O) groups is 1. The summed E-state index contributed by atoms with van der Waals surface area (Å²) < 4.78 is 0. The molecule has 3 heteroatoms. The molecule has 0 saturated carbocycles. The molecule has 1 fully saturated rings. The number of hydrogen-bond acceptors (Lipinski definition) is 1. The molecule has 3 nitrogen and oxygen atoms in total. The third-order valence-electron chi connectivity index (χ3n) is 4.79. The molecule has 1 heterocycles. The molecule has 0 unspecified atom stereocenters. The van der Waals surface area contributed by atoms with Crippen molar-refractivity contribution in [1.29, 1.82) is 0 Å². The first-order chi connectivity index (χ1) is 12.2. The molecular weight excluding hydrogens is 308 g/mol. The topological polar surface area (TPSA) is 32.3 Å². The van der Waals surface area contributed by atoms with E-state index in [-0.39, 0.29) is 6.03 Å². The van der Waals surface area contributed by atoms with E-state index in [0.717, 1.165) is 37.9 Å². The molecule has 0 radical (unpaired) electrons. The van der Waals surface area contributed by atoms with Crippen LogP contribution < -0.4 is 5.32 Å². The van der Waals surface area contributed by atoms with E-state index in [4.69, 9.17) is 0 Å². The number of benzene rings is 2. The number of hydrogen-bond donors (Lipinski definition) is 1. The number of nitrogens with zero attached hydrogens (tertiary/aromatic N) is 1. The monoisotopic (exact) mass is 334 g/mol. The molecule has 1 saturated heterocycles. The summed E-state index contributed by atoms with van der Waals surface area (Å²) in [5, 5.41) is 2.89. The predicted molar refractivity (Wildman–Crippen MR) is 103 cm³/mol. The Morgan fingerprint density at radius 3 is 2.60 bits per heavy atom. The van der Waals surface area contributed by atoms with Crippen LogP contribution in [0, 0.1) is 12.8 Å². The molecule has 0 bridgehead atoms. The van der Waals surface area contributed by atoms with Crippen LogP contribution in [0.2, 0.25) is 0 Å². The Morgan fingerprint density at radius 1 is 1.12 bits per heavy atom. The van der Waals surface area contributed by atoms with Gasteiger partial charge in [-0.1, -0.05) is 60.2 Å². The highest BCUT2D eigenvalue weighted by molar-refractivity contribution is 5.76. The summed E-state index contributed by atoms with van der Waals surface area (Å²) in [6.45, 7) is 3.73. The van der Waals surface area contributed by atoms with Crippen LogP contribution in [0.4, 0.5) is 4.79 Å². The van der Waals surface area contributed by atoms with Crippen molar-refractivity contribution in [3.63, 3.8) is 0 Å². The maximum Gasteiger partial charge on any atom is 0.321 e. The number of rotatable bonds is 4. The van der Waals surface area contributed by atoms with Gasteiger partial charge < -0.3 is 10.2 Å². The first-order valence-electron chi connectivity index (χ1n) is 9.03. The van der Waals surface area contributed by atoms with E-state index < -0.39 is 0 Å². The SMILES string of the molecule is Cc1cccc(/C=C/NC(=O)N2CCC(Cc3ccccc3)CC2)c1. The Hall–Kier alpha value is -2.55. The van der Waals surface area contributed by atoms with Gasteiger partial charge in [0.25, 0.3) is 0 Å². The normalized spacial score (nSPS) is 15.5. The van der Waals surface area contributed by atoms with Crippen LogP contribution in [0.3, 0.4) is 0 Å². The largest absolute Gasteiger partial charge is 0.325 e. The number of urea groups is 1. The van der Waals surface area contributed by atoms with Gasteiger partial charge in [-0.15, -0.1) is 0 Å². The lowest BCUT2D eigenvalue weighted by atomic mass is 9.90. The van der Waals surface area contributed by atoms with E-state index in [1.165, 1.54) is 11.1 Å². The van der Waals surface area contributed by atoms with Crippen LogP contribution in [0.5, 0.6) is 0 Å². The Balaban J connectivity index is 1.44. The van der Waals surface area contributed by atoms with Crippen molar-refractivity contribution in [1.82, 2.24) is 10.2 Å². The van der Waals surface area contributed by atoms with Crippen molar-refractivity contribution in [3.05, 3.63) is 77.5 Å². The molecule has 0 atom stereocenters. The molecule has 25 heavy (non-hydrogen) atoms. The van der Waals surface area contributed by atoms with E-state index in [1.807, 2.05) is 23.1 Å². The standard InChI is InChI=1S/C22H26N2O/c1-18-6-5-9-20(16-18)10-13-23-22(25)24-14-11-21(12-15-24)17-19-7-3-2-4-8-19/h2-10,13,16,21H,11-12,14-15,17H2,1H3,(H,23,25)/b13-10+. The molecule has 1 aliphatic heterocycles. The molecule has 0 spiro atoms. The molecular formula is C22H26N2O. The average molecular weight is 334 g/mol. The molecule has 2 aromatic rings. The summed E-state index contributed by atoms with van der Waals surface area (Å²) in [4.78, 5) is 14.2. The quantitative estimate of drug-likeness (QED) is 0.868. The van der Waals surface area contributed by atoms with Crippen LogP contribution in [0.15, 0.2) is 60.8 Å². The second-order valence-electron chi connectivity index (χ2n) is 6.82. The minimum atomic E-state index is 0.00191. The van der Waals surface area contributed by atoms with Crippen LogP contribution in [-0.4, -0.2) is 24.0 Å². The second-order valence-corrected chi connectivity index (χ2v) is 6.82. The van der Waals surface area contributed by atoms with Gasteiger partial charge in [0.05, 0.1) is 0 Å². The van der Waals surface area contributed by atoms with E-state index >= 15 is 0 Å². The summed E-state index contributed by atoms with van der Waals surface area (Å²) in [5.41, 5.74) is 3.71. The molecule has 3 rings (SSSR count). The van der Waals surface area contributed by atoms with Gasteiger partial charge in [0, 0.05) is 19.3 Å². The minimum absolute atomic E-state index is 0.00191. The smallest absolute Gasteiger partial charge is 0.321 e. The Labute approximate surface area is 150 Å². The van der Waals surface area contributed by atoms with Crippen LogP contribution in [0.1, 0.15) is 29.5 Å². The molecule has 2 amide bonds. The summed E-state index contributed by atoms with van der Waals surface area (Å²) in [6, 6.07) is 18.8. The van der Waals surface area contributed by atoms with Gasteiger partial charge in [-0.3, -0.25) is 0 Å². The lowest BCUT2D eigenvalue weighted by Crippen LogP contribution is -2.43. The van der Waals surface area contributed by atoms with Gasteiger partial charge in [-0.2, -0.15) is 0 Å². The lowest BCUT2D eigenvalue weighted by molar-refractivity contribution is 0.173. The first kappa shape index (κ1) is 17.3. The van der Waals surface area contributed by atoms with Crippen molar-refractivity contribution in [2.75, 3.05) is 13.1 Å². The number of carbonyl (C=O) groups excluding carboxylic acids is 1. The zero-order chi connectivity index (χ0) is 17.5. The Kier molecular flexibility index (Phi) is 5.89. The van der Waals surface area contributed by atoms with Gasteiger partial charge in [-0.25, -0.2) is 4.79 Å². The zero-order valence-electron chi connectivity index (χ0n) is 14.8. The molecule has 1 aliphatic rings. The number of piperidine rings is 1. The van der Waals surface area contributed by atoms with E-state index in [9.17, 15) is 4.79 Å².